The molecule has 8 nitrogen and oxygen atoms in total. The highest BCUT2D eigenvalue weighted by Gasteiger charge is 2.14. The van der Waals surface area contributed by atoms with E-state index in [9.17, 15) is 9.59 Å². The monoisotopic (exact) mass is 462 g/mol. The van der Waals surface area contributed by atoms with Crippen molar-refractivity contribution in [3.8, 4) is 22.6 Å². The molecule has 0 aliphatic heterocycles. The maximum atomic E-state index is 13.1. The number of aromatic nitrogens is 2. The molecule has 0 atom stereocenters. The van der Waals surface area contributed by atoms with Crippen LogP contribution in [0.25, 0.3) is 21.3 Å². The summed E-state index contributed by atoms with van der Waals surface area (Å²) in [6.07, 6.45) is 2.85. The molecule has 168 valence electrons. The molecule has 0 aliphatic carbocycles. The number of aryl methyl sites for hydroxylation is 1. The Bertz CT molecular complexity index is 1390. The molecule has 0 saturated carbocycles. The lowest BCUT2D eigenvalue weighted by Gasteiger charge is -2.07. The highest BCUT2D eigenvalue weighted by molar-refractivity contribution is 7.17. The summed E-state index contributed by atoms with van der Waals surface area (Å²) in [6.45, 7) is 1.80. The molecule has 0 bridgehead atoms. The van der Waals surface area contributed by atoms with Crippen LogP contribution >= 0.6 is 11.3 Å². The number of carbonyl (C=O) groups excluding carboxylic acids is 1. The average Bonchev–Trinajstić information content (AvgIpc) is 3.26. The zero-order valence-corrected chi connectivity index (χ0v) is 19.2. The van der Waals surface area contributed by atoms with Gasteiger partial charge in [0.1, 0.15) is 22.9 Å². The van der Waals surface area contributed by atoms with E-state index in [1.165, 1.54) is 35.6 Å². The molecule has 2 heterocycles. The normalized spacial score (nSPS) is 11.1. The van der Waals surface area contributed by atoms with Crippen LogP contribution in [0.5, 0.6) is 11.5 Å². The second-order valence-corrected chi connectivity index (χ2v) is 8.13. The van der Waals surface area contributed by atoms with Gasteiger partial charge in [-0.3, -0.25) is 14.2 Å². The van der Waals surface area contributed by atoms with Crippen LogP contribution in [-0.4, -0.2) is 35.9 Å². The fourth-order valence-corrected chi connectivity index (χ4v) is 4.22. The SMILES string of the molecule is COc1ccc(/C=N/NC(=O)Cn2cnc3scc(-c4ccc(C)cc4)c3c2=O)c(OC)c1. The van der Waals surface area contributed by atoms with Crippen molar-refractivity contribution in [2.75, 3.05) is 14.2 Å². The predicted octanol–water partition coefficient (Wildman–Crippen LogP) is 3.60. The van der Waals surface area contributed by atoms with Gasteiger partial charge in [0, 0.05) is 22.6 Å². The molecule has 0 spiro atoms. The number of hydrazone groups is 1. The number of ether oxygens (including phenoxy) is 2. The van der Waals surface area contributed by atoms with Gasteiger partial charge in [0.15, 0.2) is 0 Å². The molecule has 33 heavy (non-hydrogen) atoms. The van der Waals surface area contributed by atoms with Crippen molar-refractivity contribution in [1.82, 2.24) is 15.0 Å². The first-order valence-electron chi connectivity index (χ1n) is 10.1. The lowest BCUT2D eigenvalue weighted by Crippen LogP contribution is -2.30. The molecule has 4 rings (SSSR count). The predicted molar refractivity (Wildman–Crippen MR) is 129 cm³/mol. The van der Waals surface area contributed by atoms with Gasteiger partial charge >= 0.3 is 0 Å². The minimum absolute atomic E-state index is 0.206. The van der Waals surface area contributed by atoms with Crippen LogP contribution in [0, 0.1) is 6.92 Å². The van der Waals surface area contributed by atoms with E-state index in [0.717, 1.165) is 16.7 Å². The quantitative estimate of drug-likeness (QED) is 0.335. The fraction of sp³-hybridized carbons (Fsp3) is 0.167. The van der Waals surface area contributed by atoms with Crippen LogP contribution < -0.4 is 20.5 Å². The van der Waals surface area contributed by atoms with E-state index in [2.05, 4.69) is 15.5 Å². The number of nitrogens with zero attached hydrogens (tertiary/aromatic N) is 3. The van der Waals surface area contributed by atoms with Gasteiger partial charge in [-0.2, -0.15) is 5.10 Å². The van der Waals surface area contributed by atoms with E-state index in [-0.39, 0.29) is 12.1 Å². The third-order valence-corrected chi connectivity index (χ3v) is 5.96. The summed E-state index contributed by atoms with van der Waals surface area (Å²) in [5.74, 6) is 0.752. The summed E-state index contributed by atoms with van der Waals surface area (Å²) in [6, 6.07) is 13.2. The first-order valence-corrected chi connectivity index (χ1v) is 11.0. The topological polar surface area (TPSA) is 94.8 Å². The van der Waals surface area contributed by atoms with Crippen LogP contribution in [0.1, 0.15) is 11.1 Å². The Morgan fingerprint density at radius 3 is 2.70 bits per heavy atom. The summed E-state index contributed by atoms with van der Waals surface area (Å²) in [5.41, 5.74) is 5.72. The van der Waals surface area contributed by atoms with Crippen molar-refractivity contribution in [1.29, 1.82) is 0 Å². The Kier molecular flexibility index (Phi) is 6.50. The van der Waals surface area contributed by atoms with Gasteiger partial charge in [0.05, 0.1) is 32.1 Å². The van der Waals surface area contributed by atoms with Gasteiger partial charge < -0.3 is 9.47 Å². The minimum atomic E-state index is -0.450. The van der Waals surface area contributed by atoms with Gasteiger partial charge in [-0.1, -0.05) is 29.8 Å². The molecular formula is C24H22N4O4S. The molecule has 2 aromatic heterocycles. The van der Waals surface area contributed by atoms with Crippen molar-refractivity contribution in [2.24, 2.45) is 5.10 Å². The lowest BCUT2D eigenvalue weighted by molar-refractivity contribution is -0.121. The number of amides is 1. The second kappa shape index (κ2) is 9.66. The smallest absolute Gasteiger partial charge is 0.263 e. The maximum absolute atomic E-state index is 13.1. The van der Waals surface area contributed by atoms with Crippen molar-refractivity contribution >= 4 is 33.7 Å². The number of rotatable bonds is 7. The third kappa shape index (κ3) is 4.78. The average molecular weight is 463 g/mol. The first-order chi connectivity index (χ1) is 16.0. The standard InChI is InChI=1S/C24H22N4O4S/c1-15-4-6-16(7-5-15)19-13-33-23-22(19)24(30)28(14-25-23)12-21(29)27-26-11-17-8-9-18(31-2)10-20(17)32-3/h4-11,13-14H,12H2,1-3H3,(H,27,29)/b26-11+. The number of carbonyl (C=O) groups is 1. The van der Waals surface area contributed by atoms with Crippen LogP contribution in [0.3, 0.4) is 0 Å². The highest BCUT2D eigenvalue weighted by Crippen LogP contribution is 2.30. The number of hydrogen-bond donors (Lipinski definition) is 1. The van der Waals surface area contributed by atoms with Crippen LogP contribution in [0.2, 0.25) is 0 Å². The van der Waals surface area contributed by atoms with Crippen LogP contribution in [0.4, 0.5) is 0 Å². The molecule has 0 saturated heterocycles. The lowest BCUT2D eigenvalue weighted by atomic mass is 10.1. The van der Waals surface area contributed by atoms with Crippen molar-refractivity contribution < 1.29 is 14.3 Å². The molecule has 0 unspecified atom stereocenters. The van der Waals surface area contributed by atoms with Gasteiger partial charge in [0.25, 0.3) is 11.5 Å². The van der Waals surface area contributed by atoms with Gasteiger partial charge in [-0.05, 0) is 24.6 Å². The second-order valence-electron chi connectivity index (χ2n) is 7.27. The number of fused-ring (bicyclic) bond motifs is 1. The minimum Gasteiger partial charge on any atom is -0.497 e. The van der Waals surface area contributed by atoms with Crippen LogP contribution in [0.15, 0.2) is 64.1 Å². The summed E-state index contributed by atoms with van der Waals surface area (Å²) in [7, 11) is 3.10. The number of methoxy groups -OCH3 is 2. The number of thiophene rings is 1. The molecule has 9 heteroatoms. The Labute approximate surface area is 194 Å². The summed E-state index contributed by atoms with van der Waals surface area (Å²) < 4.78 is 11.8. The summed E-state index contributed by atoms with van der Waals surface area (Å²) in [5, 5.41) is 6.40. The Balaban J connectivity index is 1.52. The Morgan fingerprint density at radius 1 is 1.18 bits per heavy atom. The molecule has 0 radical (unpaired) electrons. The summed E-state index contributed by atoms with van der Waals surface area (Å²) in [4.78, 5) is 30.5. The molecule has 0 aliphatic rings. The Morgan fingerprint density at radius 2 is 1.97 bits per heavy atom. The van der Waals surface area contributed by atoms with Gasteiger partial charge in [0.2, 0.25) is 0 Å². The maximum Gasteiger partial charge on any atom is 0.263 e. The van der Waals surface area contributed by atoms with Crippen LogP contribution in [-0.2, 0) is 11.3 Å². The largest absolute Gasteiger partial charge is 0.497 e. The van der Waals surface area contributed by atoms with Crippen molar-refractivity contribution in [2.45, 2.75) is 13.5 Å². The number of benzene rings is 2. The van der Waals surface area contributed by atoms with Crippen molar-refractivity contribution in [3.05, 3.63) is 75.7 Å². The van der Waals surface area contributed by atoms with E-state index in [1.807, 2.05) is 36.6 Å². The van der Waals surface area contributed by atoms with Gasteiger partial charge in [-0.25, -0.2) is 10.4 Å². The molecule has 1 N–H and O–H groups in total. The molecule has 0 fully saturated rings. The number of hydrogen-bond acceptors (Lipinski definition) is 7. The van der Waals surface area contributed by atoms with E-state index < -0.39 is 5.91 Å². The Hall–Kier alpha value is -3.98. The molecule has 2 aromatic carbocycles. The van der Waals surface area contributed by atoms with Crippen molar-refractivity contribution in [3.63, 3.8) is 0 Å². The molecule has 4 aromatic rings. The first kappa shape index (κ1) is 22.2. The zero-order valence-electron chi connectivity index (χ0n) is 18.4. The molecular weight excluding hydrogens is 440 g/mol. The van der Waals surface area contributed by atoms with E-state index in [0.29, 0.717) is 27.3 Å². The fourth-order valence-electron chi connectivity index (χ4n) is 3.31. The van der Waals surface area contributed by atoms with E-state index >= 15 is 0 Å². The molecule has 1 amide bonds. The zero-order chi connectivity index (χ0) is 23.4. The van der Waals surface area contributed by atoms with E-state index in [1.54, 1.807) is 25.3 Å². The third-order valence-electron chi connectivity index (χ3n) is 5.07. The number of nitrogens with one attached hydrogen (secondary N) is 1. The van der Waals surface area contributed by atoms with E-state index in [4.69, 9.17) is 9.47 Å². The highest BCUT2D eigenvalue weighted by atomic mass is 32.1. The van der Waals surface area contributed by atoms with Gasteiger partial charge in [-0.15, -0.1) is 11.3 Å². The summed E-state index contributed by atoms with van der Waals surface area (Å²) >= 11 is 1.40.